The molecule has 2 aromatic rings. The van der Waals surface area contributed by atoms with Crippen LogP contribution in [0, 0.1) is 12.3 Å². The topological polar surface area (TPSA) is 74.2 Å². The second kappa shape index (κ2) is 8.45. The summed E-state index contributed by atoms with van der Waals surface area (Å²) in [6.45, 7) is 3.98. The number of hydrogen-bond acceptors (Lipinski definition) is 6. The van der Waals surface area contributed by atoms with E-state index in [1.54, 1.807) is 24.1 Å². The minimum absolute atomic E-state index is 0.179. The maximum atomic E-state index is 13.5. The molecule has 1 aliphatic carbocycles. The minimum atomic E-state index is -2.64. The van der Waals surface area contributed by atoms with Crippen molar-refractivity contribution in [1.29, 1.82) is 0 Å². The highest BCUT2D eigenvalue weighted by atomic mass is 79.9. The number of nitrogens with zero attached hydrogens (tertiary/aromatic N) is 5. The van der Waals surface area contributed by atoms with Gasteiger partial charge >= 0.3 is 0 Å². The Labute approximate surface area is 200 Å². The fraction of sp³-hybridized carbons (Fsp3) is 0.565. The Morgan fingerprint density at radius 3 is 2.33 bits per heavy atom. The molecule has 2 aromatic heterocycles. The predicted molar refractivity (Wildman–Crippen MR) is 126 cm³/mol. The largest absolute Gasteiger partial charge is 0.370 e. The molecule has 0 unspecified atom stereocenters. The van der Waals surface area contributed by atoms with E-state index in [-0.39, 0.29) is 31.8 Å². The summed E-state index contributed by atoms with van der Waals surface area (Å²) in [6, 6.07) is 3.62. The first kappa shape index (κ1) is 22.4. The quantitative estimate of drug-likeness (QED) is 0.623. The Balaban J connectivity index is 1.34. The van der Waals surface area contributed by atoms with Gasteiger partial charge in [-0.15, -0.1) is 0 Å². The van der Waals surface area contributed by atoms with Crippen molar-refractivity contribution < 1.29 is 13.6 Å². The number of nitrogens with one attached hydrogen (secondary N) is 1. The van der Waals surface area contributed by atoms with E-state index >= 15 is 0 Å². The summed E-state index contributed by atoms with van der Waals surface area (Å²) in [5.74, 6) is -2.30. The number of anilines is 3. The van der Waals surface area contributed by atoms with Crippen LogP contribution in [0.1, 0.15) is 54.7 Å². The predicted octanol–water partition coefficient (Wildman–Crippen LogP) is 4.81. The number of carbonyl (C=O) groups excluding carboxylic acids is 1. The minimum Gasteiger partial charge on any atom is -0.370 e. The molecule has 10 heteroatoms. The van der Waals surface area contributed by atoms with Gasteiger partial charge in [-0.25, -0.2) is 18.7 Å². The highest BCUT2D eigenvalue weighted by molar-refractivity contribution is 9.10. The second-order valence-electron chi connectivity index (χ2n) is 9.50. The lowest BCUT2D eigenvalue weighted by Gasteiger charge is -2.34. The third kappa shape index (κ3) is 4.95. The van der Waals surface area contributed by atoms with Crippen molar-refractivity contribution in [3.05, 3.63) is 34.2 Å². The van der Waals surface area contributed by atoms with Crippen molar-refractivity contribution >= 4 is 39.3 Å². The summed E-state index contributed by atoms with van der Waals surface area (Å²) >= 11 is 3.48. The molecule has 1 saturated carbocycles. The van der Waals surface area contributed by atoms with Gasteiger partial charge < -0.3 is 15.1 Å². The molecule has 0 bridgehead atoms. The fourth-order valence-electron chi connectivity index (χ4n) is 4.71. The van der Waals surface area contributed by atoms with Crippen LogP contribution in [0.2, 0.25) is 0 Å². The molecule has 2 aliphatic heterocycles. The van der Waals surface area contributed by atoms with Crippen LogP contribution in [0.3, 0.4) is 0 Å². The number of carbonyl (C=O) groups is 1. The Kier molecular flexibility index (Phi) is 5.74. The normalized spacial score (nSPS) is 21.2. The van der Waals surface area contributed by atoms with E-state index < -0.39 is 5.92 Å². The molecule has 4 heterocycles. The van der Waals surface area contributed by atoms with E-state index in [0.29, 0.717) is 28.6 Å². The van der Waals surface area contributed by atoms with Gasteiger partial charge in [0.25, 0.3) is 11.8 Å². The number of rotatable bonds is 4. The molecular weight excluding hydrogens is 494 g/mol. The maximum Gasteiger partial charge on any atom is 0.277 e. The summed E-state index contributed by atoms with van der Waals surface area (Å²) < 4.78 is 27.9. The summed E-state index contributed by atoms with van der Waals surface area (Å²) in [7, 11) is 0. The van der Waals surface area contributed by atoms with E-state index in [1.165, 1.54) is 12.8 Å². The fourth-order valence-corrected chi connectivity index (χ4v) is 5.03. The number of hydrogen-bond donors (Lipinski definition) is 1. The van der Waals surface area contributed by atoms with Gasteiger partial charge in [-0.1, -0.05) is 0 Å². The molecule has 0 aromatic carbocycles. The molecule has 1 N–H and O–H groups in total. The van der Waals surface area contributed by atoms with Crippen molar-refractivity contribution in [3.8, 4) is 0 Å². The Morgan fingerprint density at radius 1 is 1.00 bits per heavy atom. The zero-order valence-electron chi connectivity index (χ0n) is 18.6. The molecule has 1 amide bonds. The van der Waals surface area contributed by atoms with Gasteiger partial charge in [0.15, 0.2) is 5.69 Å². The molecule has 0 atom stereocenters. The average molecular weight is 521 g/mol. The van der Waals surface area contributed by atoms with Crippen LogP contribution in [0.4, 0.5) is 26.2 Å². The number of piperidine rings is 2. The number of pyridine rings is 1. The van der Waals surface area contributed by atoms with Crippen molar-refractivity contribution in [2.75, 3.05) is 41.3 Å². The van der Waals surface area contributed by atoms with Gasteiger partial charge in [-0.2, -0.15) is 4.98 Å². The Hall–Kier alpha value is -2.36. The number of amides is 1. The summed E-state index contributed by atoms with van der Waals surface area (Å²) in [6.07, 6.45) is 6.08. The van der Waals surface area contributed by atoms with Gasteiger partial charge in [0.1, 0.15) is 5.82 Å². The molecule has 33 heavy (non-hydrogen) atoms. The van der Waals surface area contributed by atoms with Crippen molar-refractivity contribution in [1.82, 2.24) is 15.0 Å². The molecule has 3 aliphatic rings. The van der Waals surface area contributed by atoms with Crippen LogP contribution in [-0.2, 0) is 0 Å². The summed E-state index contributed by atoms with van der Waals surface area (Å²) in [5, 5.41) is 2.85. The average Bonchev–Trinajstić information content (AvgIpc) is 3.52. The van der Waals surface area contributed by atoms with Crippen LogP contribution in [0.15, 0.2) is 22.8 Å². The van der Waals surface area contributed by atoms with Gasteiger partial charge in [-0.3, -0.25) is 4.79 Å². The first-order chi connectivity index (χ1) is 15.7. The highest BCUT2D eigenvalue weighted by Gasteiger charge is 2.44. The number of halogens is 3. The molecule has 1 spiro atoms. The summed E-state index contributed by atoms with van der Waals surface area (Å²) in [4.78, 5) is 30.5. The van der Waals surface area contributed by atoms with Crippen LogP contribution in [-0.4, -0.2) is 53.0 Å². The highest BCUT2D eigenvalue weighted by Crippen LogP contribution is 2.54. The standard InChI is InChI=1S/C23H27BrF2N6O/c1-15-12-18(30-21(28-15)32-10-6-23(25,26)7-11-32)29-20(33)19-17(13-16(24)14-27-19)31-8-4-22(2-3-22)5-9-31/h12-14H,2-11H2,1H3,(H,28,29,30,33). The molecule has 7 nitrogen and oxygen atoms in total. The number of alkyl halides is 2. The Bertz CT molecular complexity index is 1060. The lowest BCUT2D eigenvalue weighted by Crippen LogP contribution is -2.40. The third-order valence-corrected chi connectivity index (χ3v) is 7.47. The third-order valence-electron chi connectivity index (χ3n) is 7.03. The van der Waals surface area contributed by atoms with Crippen molar-refractivity contribution in [2.24, 2.45) is 5.41 Å². The van der Waals surface area contributed by atoms with Crippen LogP contribution in [0.25, 0.3) is 0 Å². The van der Waals surface area contributed by atoms with Gasteiger partial charge in [0, 0.05) is 61.5 Å². The molecule has 176 valence electrons. The molecule has 2 saturated heterocycles. The number of aromatic nitrogens is 3. The number of aryl methyl sites for hydroxylation is 1. The molecule has 5 rings (SSSR count). The van der Waals surface area contributed by atoms with E-state index in [9.17, 15) is 13.6 Å². The monoisotopic (exact) mass is 520 g/mol. The van der Waals surface area contributed by atoms with Crippen molar-refractivity contribution in [2.45, 2.75) is 51.4 Å². The van der Waals surface area contributed by atoms with Gasteiger partial charge in [-0.05, 0) is 60.0 Å². The lowest BCUT2D eigenvalue weighted by molar-refractivity contribution is -0.0222. The van der Waals surface area contributed by atoms with Gasteiger partial charge in [0.05, 0.1) is 5.69 Å². The lowest BCUT2D eigenvalue weighted by atomic mass is 9.93. The zero-order valence-corrected chi connectivity index (χ0v) is 20.2. The molecule has 0 radical (unpaired) electrons. The first-order valence-electron chi connectivity index (χ1n) is 11.4. The van der Waals surface area contributed by atoms with E-state index in [4.69, 9.17) is 0 Å². The van der Waals surface area contributed by atoms with E-state index in [0.717, 1.165) is 36.1 Å². The molecule has 3 fully saturated rings. The molecular formula is C23H27BrF2N6O. The van der Waals surface area contributed by atoms with Crippen LogP contribution in [0.5, 0.6) is 0 Å². The smallest absolute Gasteiger partial charge is 0.277 e. The first-order valence-corrected chi connectivity index (χ1v) is 12.2. The second-order valence-corrected chi connectivity index (χ2v) is 10.4. The van der Waals surface area contributed by atoms with Crippen molar-refractivity contribution in [3.63, 3.8) is 0 Å². The van der Waals surface area contributed by atoms with Gasteiger partial charge in [0.2, 0.25) is 5.95 Å². The maximum absolute atomic E-state index is 13.5. The zero-order chi connectivity index (χ0) is 23.2. The van der Waals surface area contributed by atoms with E-state index in [1.807, 2.05) is 6.07 Å². The van der Waals surface area contributed by atoms with Crippen LogP contribution < -0.4 is 15.1 Å². The Morgan fingerprint density at radius 2 is 1.67 bits per heavy atom. The summed E-state index contributed by atoms with van der Waals surface area (Å²) in [5.41, 5.74) is 2.34. The van der Waals surface area contributed by atoms with E-state index in [2.05, 4.69) is 41.1 Å². The van der Waals surface area contributed by atoms with Crippen LogP contribution >= 0.6 is 15.9 Å². The SMILES string of the molecule is Cc1cc(NC(=O)c2ncc(Br)cc2N2CCC3(CC2)CC3)nc(N2CCC(F)(F)CC2)n1.